The highest BCUT2D eigenvalue weighted by Gasteiger charge is 2.37. The van der Waals surface area contributed by atoms with E-state index in [9.17, 15) is 13.2 Å². The lowest BCUT2D eigenvalue weighted by Gasteiger charge is -2.18. The highest BCUT2D eigenvalue weighted by atomic mass is 35.5. The van der Waals surface area contributed by atoms with Gasteiger partial charge in [0.15, 0.2) is 0 Å². The van der Waals surface area contributed by atoms with E-state index in [1.54, 1.807) is 0 Å². The van der Waals surface area contributed by atoms with Gasteiger partial charge in [-0.3, -0.25) is 4.79 Å². The van der Waals surface area contributed by atoms with Gasteiger partial charge in [-0.2, -0.15) is 4.31 Å². The summed E-state index contributed by atoms with van der Waals surface area (Å²) in [6, 6.07) is 4.34. The zero-order valence-corrected chi connectivity index (χ0v) is 13.3. The molecule has 2 rings (SSSR count). The van der Waals surface area contributed by atoms with Gasteiger partial charge in [-0.15, -0.1) is 0 Å². The maximum Gasteiger partial charge on any atom is 0.310 e. The Kier molecular flexibility index (Phi) is 4.75. The minimum absolute atomic E-state index is 0.0416. The first-order valence-corrected chi connectivity index (χ1v) is 8.13. The molecule has 1 aliphatic heterocycles. The Morgan fingerprint density at radius 1 is 1.38 bits per heavy atom. The van der Waals surface area contributed by atoms with Crippen LogP contribution in [0.2, 0.25) is 5.02 Å². The minimum atomic E-state index is -3.73. The van der Waals surface area contributed by atoms with E-state index in [-0.39, 0.29) is 23.7 Å². The van der Waals surface area contributed by atoms with E-state index < -0.39 is 21.9 Å². The molecule has 0 aromatic heterocycles. The smallest absolute Gasteiger partial charge is 0.310 e. The van der Waals surface area contributed by atoms with E-state index in [0.29, 0.717) is 11.4 Å². The van der Waals surface area contributed by atoms with Gasteiger partial charge in [-0.1, -0.05) is 11.6 Å². The lowest BCUT2D eigenvalue weighted by Crippen LogP contribution is -2.30. The number of ether oxygens (including phenoxy) is 2. The lowest BCUT2D eigenvalue weighted by atomic mass is 10.1. The van der Waals surface area contributed by atoms with Crippen LogP contribution < -0.4 is 4.74 Å². The summed E-state index contributed by atoms with van der Waals surface area (Å²) in [4.78, 5) is 11.5. The Hall–Kier alpha value is -1.31. The molecule has 8 heteroatoms. The first-order valence-electron chi connectivity index (χ1n) is 6.31. The van der Waals surface area contributed by atoms with Gasteiger partial charge < -0.3 is 9.47 Å². The molecule has 0 N–H and O–H groups in total. The molecular weight excluding hydrogens is 318 g/mol. The number of esters is 1. The number of hydrogen-bond acceptors (Lipinski definition) is 5. The van der Waals surface area contributed by atoms with Gasteiger partial charge in [0.2, 0.25) is 10.0 Å². The molecule has 6 nitrogen and oxygen atoms in total. The standard InChI is InChI=1S/C13H16ClNO5S/c1-19-11-7-10(14)3-4-12(11)21(17,18)15-6-5-9(8-15)13(16)20-2/h3-4,7,9H,5-6,8H2,1-2H3. The Morgan fingerprint density at radius 3 is 2.71 bits per heavy atom. The first kappa shape index (κ1) is 16.1. The summed E-state index contributed by atoms with van der Waals surface area (Å²) in [7, 11) is -1.06. The van der Waals surface area contributed by atoms with E-state index in [1.165, 1.54) is 36.7 Å². The summed E-state index contributed by atoms with van der Waals surface area (Å²) >= 11 is 5.84. The van der Waals surface area contributed by atoms with Crippen LogP contribution in [0, 0.1) is 5.92 Å². The van der Waals surface area contributed by atoms with Crippen molar-refractivity contribution in [2.24, 2.45) is 5.92 Å². The second-order valence-corrected chi connectivity index (χ2v) is 7.01. The molecule has 1 aromatic rings. The van der Waals surface area contributed by atoms with Crippen molar-refractivity contribution in [2.45, 2.75) is 11.3 Å². The molecule has 1 aliphatic rings. The molecule has 1 unspecified atom stereocenters. The van der Waals surface area contributed by atoms with Crippen molar-refractivity contribution >= 4 is 27.6 Å². The molecule has 0 radical (unpaired) electrons. The van der Waals surface area contributed by atoms with Crippen LogP contribution in [-0.2, 0) is 19.6 Å². The predicted octanol–water partition coefficient (Wildman–Crippen LogP) is 1.53. The van der Waals surface area contributed by atoms with Crippen LogP contribution in [0.3, 0.4) is 0 Å². The number of methoxy groups -OCH3 is 2. The summed E-state index contributed by atoms with van der Waals surface area (Å²) < 4.78 is 36.3. The van der Waals surface area contributed by atoms with Crippen molar-refractivity contribution in [1.82, 2.24) is 4.31 Å². The Bertz CT molecular complexity index is 646. The summed E-state index contributed by atoms with van der Waals surface area (Å²) in [6.07, 6.45) is 0.446. The van der Waals surface area contributed by atoms with Gasteiger partial charge in [0.05, 0.1) is 20.1 Å². The monoisotopic (exact) mass is 333 g/mol. The van der Waals surface area contributed by atoms with Crippen molar-refractivity contribution in [3.8, 4) is 5.75 Å². The molecule has 0 saturated carbocycles. The molecule has 0 bridgehead atoms. The zero-order valence-electron chi connectivity index (χ0n) is 11.7. The fourth-order valence-electron chi connectivity index (χ4n) is 2.30. The fourth-order valence-corrected chi connectivity index (χ4v) is 4.10. The molecule has 1 atom stereocenters. The summed E-state index contributed by atoms with van der Waals surface area (Å²) in [5.74, 6) is -0.636. The van der Waals surface area contributed by atoms with E-state index in [1.807, 2.05) is 0 Å². The number of sulfonamides is 1. The van der Waals surface area contributed by atoms with Crippen LogP contribution in [0.4, 0.5) is 0 Å². The number of rotatable bonds is 4. The van der Waals surface area contributed by atoms with Crippen LogP contribution in [0.25, 0.3) is 0 Å². The van der Waals surface area contributed by atoms with E-state index in [4.69, 9.17) is 16.3 Å². The predicted molar refractivity (Wildman–Crippen MR) is 76.9 cm³/mol. The largest absolute Gasteiger partial charge is 0.495 e. The summed E-state index contributed by atoms with van der Waals surface area (Å²) in [5, 5.41) is 0.389. The molecule has 1 saturated heterocycles. The third-order valence-electron chi connectivity index (χ3n) is 3.43. The van der Waals surface area contributed by atoms with Crippen molar-refractivity contribution in [2.75, 3.05) is 27.3 Å². The molecule has 1 aromatic carbocycles. The van der Waals surface area contributed by atoms with Gasteiger partial charge in [0, 0.05) is 24.2 Å². The Morgan fingerprint density at radius 2 is 2.10 bits per heavy atom. The number of halogens is 1. The Balaban J connectivity index is 2.30. The number of benzene rings is 1. The topological polar surface area (TPSA) is 72.9 Å². The van der Waals surface area contributed by atoms with Crippen LogP contribution in [0.1, 0.15) is 6.42 Å². The maximum atomic E-state index is 12.6. The van der Waals surface area contributed by atoms with Gasteiger partial charge in [-0.05, 0) is 18.6 Å². The van der Waals surface area contributed by atoms with E-state index in [0.717, 1.165) is 0 Å². The maximum absolute atomic E-state index is 12.6. The number of carbonyl (C=O) groups excluding carboxylic acids is 1. The minimum Gasteiger partial charge on any atom is -0.495 e. The van der Waals surface area contributed by atoms with Crippen molar-refractivity contribution in [3.63, 3.8) is 0 Å². The van der Waals surface area contributed by atoms with Gasteiger partial charge >= 0.3 is 5.97 Å². The van der Waals surface area contributed by atoms with Crippen molar-refractivity contribution < 1.29 is 22.7 Å². The average molecular weight is 334 g/mol. The van der Waals surface area contributed by atoms with E-state index >= 15 is 0 Å². The second kappa shape index (κ2) is 6.21. The van der Waals surface area contributed by atoms with Crippen LogP contribution in [0.5, 0.6) is 5.75 Å². The van der Waals surface area contributed by atoms with Gasteiger partial charge in [-0.25, -0.2) is 8.42 Å². The zero-order chi connectivity index (χ0) is 15.6. The van der Waals surface area contributed by atoms with Gasteiger partial charge in [0.1, 0.15) is 10.6 Å². The molecule has 21 heavy (non-hydrogen) atoms. The molecule has 1 fully saturated rings. The molecule has 116 valence electrons. The molecule has 0 aliphatic carbocycles. The van der Waals surface area contributed by atoms with Crippen LogP contribution >= 0.6 is 11.6 Å². The van der Waals surface area contributed by atoms with Crippen LogP contribution in [0.15, 0.2) is 23.1 Å². The molecule has 0 spiro atoms. The number of hydrogen-bond donors (Lipinski definition) is 0. The third-order valence-corrected chi connectivity index (χ3v) is 5.57. The average Bonchev–Trinajstić information content (AvgIpc) is 2.96. The quantitative estimate of drug-likeness (QED) is 0.781. The molecular formula is C13H16ClNO5S. The number of nitrogens with zero attached hydrogens (tertiary/aromatic N) is 1. The lowest BCUT2D eigenvalue weighted by molar-refractivity contribution is -0.144. The highest BCUT2D eigenvalue weighted by molar-refractivity contribution is 7.89. The summed E-state index contributed by atoms with van der Waals surface area (Å²) in [5.41, 5.74) is 0. The summed E-state index contributed by atoms with van der Waals surface area (Å²) in [6.45, 7) is 0.384. The Labute approximate surface area is 128 Å². The third kappa shape index (κ3) is 3.14. The molecule has 0 amide bonds. The van der Waals surface area contributed by atoms with Crippen LogP contribution in [-0.4, -0.2) is 46.0 Å². The number of carbonyl (C=O) groups is 1. The normalized spacial score (nSPS) is 19.5. The first-order chi connectivity index (χ1) is 9.90. The second-order valence-electron chi connectivity index (χ2n) is 4.67. The molecule has 1 heterocycles. The van der Waals surface area contributed by atoms with Crippen molar-refractivity contribution in [1.29, 1.82) is 0 Å². The van der Waals surface area contributed by atoms with E-state index in [2.05, 4.69) is 4.74 Å². The SMILES string of the molecule is COC(=O)C1CCN(S(=O)(=O)c2ccc(Cl)cc2OC)C1. The van der Waals surface area contributed by atoms with Crippen molar-refractivity contribution in [3.05, 3.63) is 23.2 Å². The van der Waals surface area contributed by atoms with Gasteiger partial charge in [0.25, 0.3) is 0 Å². The highest BCUT2D eigenvalue weighted by Crippen LogP contribution is 2.32. The fraction of sp³-hybridized carbons (Fsp3) is 0.462.